The number of benzene rings is 3. The molecule has 8 heteroatoms. The van der Waals surface area contributed by atoms with Crippen LogP contribution in [0.25, 0.3) is 22.5 Å². The third-order valence-electron chi connectivity index (χ3n) is 8.48. The zero-order chi connectivity index (χ0) is 29.8. The number of halogens is 1. The van der Waals surface area contributed by atoms with Crippen LogP contribution in [0.1, 0.15) is 33.6 Å². The van der Waals surface area contributed by atoms with Gasteiger partial charge in [0.25, 0.3) is 11.8 Å². The van der Waals surface area contributed by atoms with Gasteiger partial charge in [-0.2, -0.15) is 0 Å². The molecule has 0 saturated carbocycles. The molecule has 7 nitrogen and oxygen atoms in total. The van der Waals surface area contributed by atoms with Crippen LogP contribution in [-0.2, 0) is 0 Å². The van der Waals surface area contributed by atoms with Crippen LogP contribution in [0.5, 0.6) is 5.75 Å². The molecule has 0 unspecified atom stereocenters. The molecule has 2 aliphatic heterocycles. The Morgan fingerprint density at radius 2 is 1.23 bits per heavy atom. The summed E-state index contributed by atoms with van der Waals surface area (Å²) in [6.07, 6.45) is 1.70. The summed E-state index contributed by atoms with van der Waals surface area (Å²) in [5.41, 5.74) is 4.49. The van der Waals surface area contributed by atoms with Crippen molar-refractivity contribution in [2.75, 3.05) is 46.4 Å². The molecule has 3 heterocycles. The van der Waals surface area contributed by atoms with Gasteiger partial charge in [-0.25, -0.2) is 9.37 Å². The lowest BCUT2D eigenvalue weighted by Gasteiger charge is -2.42. The van der Waals surface area contributed by atoms with Gasteiger partial charge in [0.05, 0.1) is 18.5 Å². The van der Waals surface area contributed by atoms with Crippen molar-refractivity contribution in [2.24, 2.45) is 0 Å². The van der Waals surface area contributed by atoms with Gasteiger partial charge in [-0.3, -0.25) is 14.5 Å². The summed E-state index contributed by atoms with van der Waals surface area (Å²) in [5, 5.41) is 0. The van der Waals surface area contributed by atoms with Gasteiger partial charge in [-0.05, 0) is 43.2 Å². The standard InChI is InChI=1S/C35H35FN4O3/c1-43-33-13-12-27(22-30(33)36)34(41)39-16-14-29(15-17-39)38-18-20-40(21-19-38)35(42)28-23-31(25-8-4-2-5-9-25)37-32(24-28)26-10-6-3-7-11-26/h2-13,22-24,29H,14-21H2,1H3. The maximum Gasteiger partial charge on any atom is 0.254 e. The number of pyridine rings is 1. The van der Waals surface area contributed by atoms with E-state index in [1.165, 1.54) is 19.2 Å². The minimum absolute atomic E-state index is 0.0172. The molecule has 220 valence electrons. The lowest BCUT2D eigenvalue weighted by molar-refractivity contribution is 0.0412. The van der Waals surface area contributed by atoms with E-state index in [0.29, 0.717) is 43.3 Å². The van der Waals surface area contributed by atoms with Crippen molar-refractivity contribution in [3.8, 4) is 28.3 Å². The third-order valence-corrected chi connectivity index (χ3v) is 8.48. The predicted molar refractivity (Wildman–Crippen MR) is 164 cm³/mol. The fraction of sp³-hybridized carbons (Fsp3) is 0.286. The molecule has 2 fully saturated rings. The van der Waals surface area contributed by atoms with Gasteiger partial charge in [0.1, 0.15) is 0 Å². The van der Waals surface area contributed by atoms with E-state index in [0.717, 1.165) is 48.4 Å². The number of rotatable bonds is 6. The van der Waals surface area contributed by atoms with E-state index >= 15 is 0 Å². The van der Waals surface area contributed by atoms with Crippen molar-refractivity contribution < 1.29 is 18.7 Å². The van der Waals surface area contributed by atoms with Crippen molar-refractivity contribution in [3.63, 3.8) is 0 Å². The first-order chi connectivity index (χ1) is 21.0. The molecule has 0 radical (unpaired) electrons. The van der Waals surface area contributed by atoms with Gasteiger partial charge in [0.15, 0.2) is 11.6 Å². The van der Waals surface area contributed by atoms with Gasteiger partial charge < -0.3 is 14.5 Å². The second-order valence-corrected chi connectivity index (χ2v) is 11.1. The largest absolute Gasteiger partial charge is 0.494 e. The highest BCUT2D eigenvalue weighted by molar-refractivity contribution is 5.96. The number of carbonyl (C=O) groups excluding carboxylic acids is 2. The highest BCUT2D eigenvalue weighted by Crippen LogP contribution is 2.27. The Morgan fingerprint density at radius 3 is 1.77 bits per heavy atom. The number of likely N-dealkylation sites (tertiary alicyclic amines) is 1. The Bertz CT molecular complexity index is 1520. The summed E-state index contributed by atoms with van der Waals surface area (Å²) in [7, 11) is 1.41. The summed E-state index contributed by atoms with van der Waals surface area (Å²) in [6, 6.07) is 28.4. The van der Waals surface area contributed by atoms with Crippen molar-refractivity contribution in [2.45, 2.75) is 18.9 Å². The van der Waals surface area contributed by atoms with Gasteiger partial charge in [0, 0.05) is 67.6 Å². The Morgan fingerprint density at radius 1 is 0.698 bits per heavy atom. The number of ether oxygens (including phenoxy) is 1. The number of methoxy groups -OCH3 is 1. The fourth-order valence-corrected chi connectivity index (χ4v) is 6.06. The van der Waals surface area contributed by atoms with Gasteiger partial charge in [0.2, 0.25) is 0 Å². The minimum atomic E-state index is -0.532. The van der Waals surface area contributed by atoms with Crippen LogP contribution in [0.4, 0.5) is 4.39 Å². The molecule has 6 rings (SSSR count). The van der Waals surface area contributed by atoms with Gasteiger partial charge in [-0.15, -0.1) is 0 Å². The van der Waals surface area contributed by atoms with Gasteiger partial charge >= 0.3 is 0 Å². The topological polar surface area (TPSA) is 66.0 Å². The predicted octanol–water partition coefficient (Wildman–Crippen LogP) is 5.63. The first kappa shape index (κ1) is 28.6. The van der Waals surface area contributed by atoms with Crippen LogP contribution < -0.4 is 4.74 Å². The van der Waals surface area contributed by atoms with Crippen molar-refractivity contribution in [3.05, 3.63) is 108 Å². The molecular weight excluding hydrogens is 543 g/mol. The van der Waals surface area contributed by atoms with E-state index < -0.39 is 5.82 Å². The van der Waals surface area contributed by atoms with E-state index in [4.69, 9.17) is 9.72 Å². The summed E-state index contributed by atoms with van der Waals surface area (Å²) in [5.74, 6) is -0.541. The van der Waals surface area contributed by atoms with Crippen molar-refractivity contribution in [1.82, 2.24) is 19.7 Å². The zero-order valence-electron chi connectivity index (χ0n) is 24.3. The Balaban J connectivity index is 1.09. The maximum atomic E-state index is 14.1. The molecule has 2 amide bonds. The number of piperazine rings is 1. The summed E-state index contributed by atoms with van der Waals surface area (Å²) >= 11 is 0. The lowest BCUT2D eigenvalue weighted by atomic mass is 10.0. The Labute approximate surface area is 251 Å². The molecule has 0 spiro atoms. The molecule has 0 aliphatic carbocycles. The number of amides is 2. The number of carbonyl (C=O) groups is 2. The summed E-state index contributed by atoms with van der Waals surface area (Å²) in [6.45, 7) is 4.11. The summed E-state index contributed by atoms with van der Waals surface area (Å²) < 4.78 is 19.1. The molecule has 0 atom stereocenters. The van der Waals surface area contributed by atoms with E-state index in [1.54, 1.807) is 11.0 Å². The lowest BCUT2D eigenvalue weighted by Crippen LogP contribution is -2.54. The van der Waals surface area contributed by atoms with E-state index in [9.17, 15) is 14.0 Å². The minimum Gasteiger partial charge on any atom is -0.494 e. The molecule has 2 aliphatic rings. The average molecular weight is 579 g/mol. The molecule has 0 N–H and O–H groups in total. The van der Waals surface area contributed by atoms with E-state index in [-0.39, 0.29) is 17.6 Å². The zero-order valence-corrected chi connectivity index (χ0v) is 24.3. The molecule has 4 aromatic rings. The maximum absolute atomic E-state index is 14.1. The molecule has 0 bridgehead atoms. The first-order valence-electron chi connectivity index (χ1n) is 14.8. The molecule has 1 aromatic heterocycles. The molecular formula is C35H35FN4O3. The van der Waals surface area contributed by atoms with Crippen LogP contribution in [0, 0.1) is 5.82 Å². The van der Waals surface area contributed by atoms with Crippen molar-refractivity contribution >= 4 is 11.8 Å². The second-order valence-electron chi connectivity index (χ2n) is 11.1. The Hall–Kier alpha value is -4.56. The second kappa shape index (κ2) is 12.8. The van der Waals surface area contributed by atoms with Crippen LogP contribution in [-0.4, -0.2) is 83.9 Å². The fourth-order valence-electron chi connectivity index (χ4n) is 6.06. The third kappa shape index (κ3) is 6.29. The van der Waals surface area contributed by atoms with E-state index in [1.807, 2.05) is 77.7 Å². The highest BCUT2D eigenvalue weighted by Gasteiger charge is 2.31. The quantitative estimate of drug-likeness (QED) is 0.297. The first-order valence-corrected chi connectivity index (χ1v) is 14.8. The number of hydrogen-bond donors (Lipinski definition) is 0. The number of piperidine rings is 1. The average Bonchev–Trinajstić information content (AvgIpc) is 3.08. The van der Waals surface area contributed by atoms with Crippen LogP contribution >= 0.6 is 0 Å². The smallest absolute Gasteiger partial charge is 0.254 e. The monoisotopic (exact) mass is 578 g/mol. The highest BCUT2D eigenvalue weighted by atomic mass is 19.1. The summed E-state index contributed by atoms with van der Waals surface area (Å²) in [4.78, 5) is 37.8. The Kier molecular flexibility index (Phi) is 8.47. The normalized spacial score (nSPS) is 16.2. The SMILES string of the molecule is COc1ccc(C(=O)N2CCC(N3CCN(C(=O)c4cc(-c5ccccc5)nc(-c5ccccc5)c4)CC3)CC2)cc1F. The van der Waals surface area contributed by atoms with Crippen LogP contribution in [0.2, 0.25) is 0 Å². The number of aromatic nitrogens is 1. The molecule has 2 saturated heterocycles. The number of hydrogen-bond acceptors (Lipinski definition) is 5. The van der Waals surface area contributed by atoms with Crippen LogP contribution in [0.15, 0.2) is 91.0 Å². The van der Waals surface area contributed by atoms with Crippen molar-refractivity contribution in [1.29, 1.82) is 0 Å². The molecule has 3 aromatic carbocycles. The molecule has 43 heavy (non-hydrogen) atoms. The van der Waals surface area contributed by atoms with Gasteiger partial charge in [-0.1, -0.05) is 60.7 Å². The van der Waals surface area contributed by atoms with E-state index in [2.05, 4.69) is 4.90 Å². The van der Waals surface area contributed by atoms with Crippen LogP contribution in [0.3, 0.4) is 0 Å². The number of nitrogens with zero attached hydrogens (tertiary/aromatic N) is 4.